The molecule has 21 heavy (non-hydrogen) atoms. The van der Waals surface area contributed by atoms with Crippen molar-refractivity contribution in [3.05, 3.63) is 27.1 Å². The number of piperidine rings is 1. The Hall–Kier alpha value is -0.550. The van der Waals surface area contributed by atoms with Crippen molar-refractivity contribution in [2.45, 2.75) is 58.2 Å². The van der Waals surface area contributed by atoms with Crippen molar-refractivity contribution in [3.63, 3.8) is 0 Å². The Bertz CT molecular complexity index is 511. The number of nitrogens with zero attached hydrogens (tertiary/aromatic N) is 1. The van der Waals surface area contributed by atoms with Crippen LogP contribution in [0.1, 0.15) is 40.0 Å². The zero-order valence-electron chi connectivity index (χ0n) is 12.6. The van der Waals surface area contributed by atoms with Crippen LogP contribution in [0.2, 0.25) is 0 Å². The highest BCUT2D eigenvalue weighted by Crippen LogP contribution is 2.30. The van der Waals surface area contributed by atoms with Crippen molar-refractivity contribution in [3.8, 4) is 5.75 Å². The Labute approximate surface area is 143 Å². The minimum absolute atomic E-state index is 0.0736. The summed E-state index contributed by atoms with van der Waals surface area (Å²) < 4.78 is 7.67. The molecule has 0 bridgehead atoms. The zero-order valence-corrected chi connectivity index (χ0v) is 15.8. The number of rotatable bonds is 3. The minimum atomic E-state index is -0.481. The molecule has 1 aliphatic rings. The summed E-state index contributed by atoms with van der Waals surface area (Å²) in [6, 6.07) is 6.27. The lowest BCUT2D eigenvalue weighted by Crippen LogP contribution is -2.51. The van der Waals surface area contributed by atoms with Gasteiger partial charge in [0.2, 0.25) is 0 Å². The van der Waals surface area contributed by atoms with Gasteiger partial charge in [-0.3, -0.25) is 4.79 Å². The molecule has 2 rings (SSSR count). The molecule has 0 N–H and O–H groups in total. The molecule has 5 heteroatoms. The van der Waals surface area contributed by atoms with Crippen LogP contribution in [-0.4, -0.2) is 29.0 Å². The van der Waals surface area contributed by atoms with Gasteiger partial charge in [0.05, 0.1) is 4.47 Å². The smallest absolute Gasteiger partial charge is 0.263 e. The van der Waals surface area contributed by atoms with Crippen LogP contribution in [-0.2, 0) is 4.79 Å². The Morgan fingerprint density at radius 1 is 1.29 bits per heavy atom. The number of ether oxygens (including phenoxy) is 1. The van der Waals surface area contributed by atoms with E-state index in [1.54, 1.807) is 0 Å². The van der Waals surface area contributed by atoms with E-state index in [-0.39, 0.29) is 5.91 Å². The lowest BCUT2D eigenvalue weighted by Gasteiger charge is -2.40. The highest BCUT2D eigenvalue weighted by Gasteiger charge is 2.32. The van der Waals surface area contributed by atoms with Crippen LogP contribution in [0.4, 0.5) is 0 Å². The third-order valence-electron chi connectivity index (χ3n) is 3.99. The van der Waals surface area contributed by atoms with Crippen LogP contribution < -0.4 is 4.74 Å². The second-order valence-electron chi connectivity index (χ2n) is 5.71. The second kappa shape index (κ2) is 7.14. The first-order chi connectivity index (χ1) is 9.90. The number of likely N-dealkylation sites (tertiary alicyclic amines) is 1. The number of carbonyl (C=O) groups excluding carboxylic acids is 1. The van der Waals surface area contributed by atoms with Crippen molar-refractivity contribution >= 4 is 37.8 Å². The molecule has 1 aliphatic heterocycles. The first kappa shape index (κ1) is 16.8. The fraction of sp³-hybridized carbons (Fsp3) is 0.562. The molecule has 0 saturated carbocycles. The first-order valence-electron chi connectivity index (χ1n) is 7.34. The largest absolute Gasteiger partial charge is 0.480 e. The van der Waals surface area contributed by atoms with E-state index in [4.69, 9.17) is 4.74 Å². The highest BCUT2D eigenvalue weighted by molar-refractivity contribution is 9.11. The molecule has 3 nitrogen and oxygen atoms in total. The van der Waals surface area contributed by atoms with Crippen molar-refractivity contribution in [1.82, 2.24) is 4.90 Å². The topological polar surface area (TPSA) is 29.5 Å². The molecule has 1 heterocycles. The van der Waals surface area contributed by atoms with E-state index in [2.05, 4.69) is 45.7 Å². The maximum absolute atomic E-state index is 12.7. The maximum Gasteiger partial charge on any atom is 0.263 e. The van der Waals surface area contributed by atoms with E-state index < -0.39 is 6.10 Å². The van der Waals surface area contributed by atoms with E-state index in [1.807, 2.05) is 30.0 Å². The van der Waals surface area contributed by atoms with Crippen molar-refractivity contribution in [1.29, 1.82) is 0 Å². The second-order valence-corrected chi connectivity index (χ2v) is 7.48. The summed E-state index contributed by atoms with van der Waals surface area (Å²) in [6.07, 6.45) is 2.86. The number of amides is 1. The monoisotopic (exact) mass is 417 g/mol. The van der Waals surface area contributed by atoms with Crippen LogP contribution >= 0.6 is 31.9 Å². The van der Waals surface area contributed by atoms with Gasteiger partial charge < -0.3 is 9.64 Å². The standard InChI is InChI=1S/C16H21Br2NO2/c1-10-5-4-6-11(2)19(10)16(20)12(3)21-15-8-7-13(17)9-14(15)18/h7-12H,4-6H2,1-3H3/t10-,11-,12-/m0/s1. The van der Waals surface area contributed by atoms with E-state index in [1.165, 1.54) is 6.42 Å². The van der Waals surface area contributed by atoms with Crippen molar-refractivity contribution in [2.75, 3.05) is 0 Å². The fourth-order valence-electron chi connectivity index (χ4n) is 2.88. The Morgan fingerprint density at radius 3 is 2.48 bits per heavy atom. The van der Waals surface area contributed by atoms with Gasteiger partial charge in [0, 0.05) is 16.6 Å². The number of hydrogen-bond donors (Lipinski definition) is 0. The SMILES string of the molecule is C[C@H](Oc1ccc(Br)cc1Br)C(=O)N1[C@@H](C)CCC[C@@H]1C. The van der Waals surface area contributed by atoms with Crippen molar-refractivity contribution in [2.24, 2.45) is 0 Å². The predicted octanol–water partition coefficient (Wildman–Crippen LogP) is 4.77. The van der Waals surface area contributed by atoms with E-state index in [0.29, 0.717) is 17.8 Å². The summed E-state index contributed by atoms with van der Waals surface area (Å²) in [6.45, 7) is 6.07. The van der Waals surface area contributed by atoms with Crippen LogP contribution in [0.25, 0.3) is 0 Å². The fourth-order valence-corrected chi connectivity index (χ4v) is 4.02. The molecule has 3 atom stereocenters. The number of hydrogen-bond acceptors (Lipinski definition) is 2. The van der Waals surface area contributed by atoms with Crippen molar-refractivity contribution < 1.29 is 9.53 Å². The molecule has 0 radical (unpaired) electrons. The zero-order chi connectivity index (χ0) is 15.6. The van der Waals surface area contributed by atoms with Gasteiger partial charge in [-0.05, 0) is 74.2 Å². The van der Waals surface area contributed by atoms with E-state index in [0.717, 1.165) is 21.8 Å². The highest BCUT2D eigenvalue weighted by atomic mass is 79.9. The average molecular weight is 419 g/mol. The molecule has 0 spiro atoms. The summed E-state index contributed by atoms with van der Waals surface area (Å²) in [7, 11) is 0. The molecule has 116 valence electrons. The molecule has 0 aliphatic carbocycles. The quantitative estimate of drug-likeness (QED) is 0.707. The Kier molecular flexibility index (Phi) is 5.72. The van der Waals surface area contributed by atoms with Gasteiger partial charge in [0.1, 0.15) is 5.75 Å². The van der Waals surface area contributed by atoms with Gasteiger partial charge in [0.25, 0.3) is 5.91 Å². The van der Waals surface area contributed by atoms with Crippen LogP contribution in [0.3, 0.4) is 0 Å². The van der Waals surface area contributed by atoms with E-state index >= 15 is 0 Å². The molecule has 1 saturated heterocycles. The molecule has 1 fully saturated rings. The lowest BCUT2D eigenvalue weighted by molar-refractivity contribution is -0.144. The van der Waals surface area contributed by atoms with Gasteiger partial charge in [-0.2, -0.15) is 0 Å². The summed E-state index contributed by atoms with van der Waals surface area (Å²) in [5.41, 5.74) is 0. The van der Waals surface area contributed by atoms with Gasteiger partial charge in [0.15, 0.2) is 6.10 Å². The summed E-state index contributed by atoms with van der Waals surface area (Å²) in [5.74, 6) is 0.765. The number of benzene rings is 1. The van der Waals surface area contributed by atoms with Crippen LogP contribution in [0.5, 0.6) is 5.75 Å². The van der Waals surface area contributed by atoms with Crippen LogP contribution in [0.15, 0.2) is 27.1 Å². The molecule has 1 aromatic carbocycles. The first-order valence-corrected chi connectivity index (χ1v) is 8.92. The number of carbonyl (C=O) groups is 1. The maximum atomic E-state index is 12.7. The van der Waals surface area contributed by atoms with Gasteiger partial charge in [-0.25, -0.2) is 0 Å². The molecular formula is C16H21Br2NO2. The number of halogens is 2. The molecule has 1 amide bonds. The minimum Gasteiger partial charge on any atom is -0.480 e. The van der Waals surface area contributed by atoms with Crippen LogP contribution in [0, 0.1) is 0 Å². The molecular weight excluding hydrogens is 398 g/mol. The molecule has 0 unspecified atom stereocenters. The Balaban J connectivity index is 2.08. The third kappa shape index (κ3) is 4.01. The third-order valence-corrected chi connectivity index (χ3v) is 5.11. The molecule has 1 aromatic rings. The summed E-state index contributed by atoms with van der Waals surface area (Å²) in [4.78, 5) is 14.7. The van der Waals surface area contributed by atoms with E-state index in [9.17, 15) is 4.79 Å². The summed E-state index contributed by atoms with van der Waals surface area (Å²) >= 11 is 6.87. The van der Waals surface area contributed by atoms with Gasteiger partial charge in [-0.15, -0.1) is 0 Å². The lowest BCUT2D eigenvalue weighted by atomic mass is 9.97. The Morgan fingerprint density at radius 2 is 1.90 bits per heavy atom. The molecule has 0 aromatic heterocycles. The van der Waals surface area contributed by atoms with Gasteiger partial charge >= 0.3 is 0 Å². The summed E-state index contributed by atoms with van der Waals surface area (Å²) in [5, 5.41) is 0. The normalized spacial score (nSPS) is 23.8. The average Bonchev–Trinajstić information content (AvgIpc) is 2.41. The van der Waals surface area contributed by atoms with Gasteiger partial charge in [-0.1, -0.05) is 15.9 Å². The predicted molar refractivity (Wildman–Crippen MR) is 91.6 cm³/mol.